The zero-order chi connectivity index (χ0) is 21.2. The van der Waals surface area contributed by atoms with Crippen molar-refractivity contribution in [1.29, 1.82) is 0 Å². The van der Waals surface area contributed by atoms with Gasteiger partial charge in [-0.25, -0.2) is 0 Å². The van der Waals surface area contributed by atoms with Crippen LogP contribution in [-0.4, -0.2) is 32.5 Å². The second-order valence-electron chi connectivity index (χ2n) is 6.48. The first-order valence-electron chi connectivity index (χ1n) is 9.39. The first-order chi connectivity index (χ1) is 13.9. The lowest BCUT2D eigenvalue weighted by Crippen LogP contribution is -2.03. The van der Waals surface area contributed by atoms with Gasteiger partial charge in [-0.15, -0.1) is 11.8 Å². The molecular weight excluding hydrogens is 431 g/mol. The molecule has 4 nitrogen and oxygen atoms in total. The third-order valence-electron chi connectivity index (χ3n) is 4.40. The number of rotatable bonds is 11. The molecule has 0 radical (unpaired) electrons. The number of thioether (sulfide) groups is 1. The number of unbranched alkanes of at least 4 members (excludes halogenated alkanes) is 1. The molecule has 29 heavy (non-hydrogen) atoms. The Kier molecular flexibility index (Phi) is 9.98. The van der Waals surface area contributed by atoms with Crippen molar-refractivity contribution in [2.24, 2.45) is 0 Å². The molecule has 0 aliphatic heterocycles. The molecule has 2 aromatic rings. The van der Waals surface area contributed by atoms with E-state index in [9.17, 15) is 4.79 Å². The number of carbonyl (C=O) groups excluding carboxylic acids is 1. The van der Waals surface area contributed by atoms with E-state index in [1.54, 1.807) is 37.1 Å². The van der Waals surface area contributed by atoms with E-state index in [0.29, 0.717) is 35.2 Å². The van der Waals surface area contributed by atoms with Crippen LogP contribution in [0.5, 0.6) is 11.5 Å². The van der Waals surface area contributed by atoms with Gasteiger partial charge in [0, 0.05) is 16.3 Å². The minimum Gasteiger partial charge on any atom is -0.496 e. The minimum absolute atomic E-state index is 0.205. The summed E-state index contributed by atoms with van der Waals surface area (Å²) in [5.74, 6) is 2.24. The van der Waals surface area contributed by atoms with Crippen molar-refractivity contribution in [2.45, 2.75) is 37.5 Å². The van der Waals surface area contributed by atoms with Crippen LogP contribution in [0.2, 0.25) is 10.0 Å². The average molecular weight is 457 g/mol. The maximum atomic E-state index is 11.4. The van der Waals surface area contributed by atoms with Crippen molar-refractivity contribution in [3.8, 4) is 11.5 Å². The van der Waals surface area contributed by atoms with Gasteiger partial charge in [0.05, 0.1) is 25.8 Å². The summed E-state index contributed by atoms with van der Waals surface area (Å²) in [6.45, 7) is 2.66. The molecule has 0 saturated heterocycles. The Bertz CT molecular complexity index is 827. The summed E-state index contributed by atoms with van der Waals surface area (Å²) in [7, 11) is 3.08. The number of halogens is 2. The van der Waals surface area contributed by atoms with Crippen molar-refractivity contribution in [3.63, 3.8) is 0 Å². The van der Waals surface area contributed by atoms with Gasteiger partial charge in [0.2, 0.25) is 0 Å². The largest absolute Gasteiger partial charge is 0.496 e. The van der Waals surface area contributed by atoms with Crippen LogP contribution in [0.3, 0.4) is 0 Å². The minimum atomic E-state index is -0.205. The van der Waals surface area contributed by atoms with Crippen molar-refractivity contribution in [3.05, 3.63) is 51.5 Å². The van der Waals surface area contributed by atoms with Crippen LogP contribution in [0.15, 0.2) is 35.2 Å². The lowest BCUT2D eigenvalue weighted by molar-refractivity contribution is -0.140. The third kappa shape index (κ3) is 7.65. The zero-order valence-corrected chi connectivity index (χ0v) is 19.3. The number of hydrogen-bond acceptors (Lipinski definition) is 5. The molecule has 0 unspecified atom stereocenters. The molecule has 0 aliphatic rings. The van der Waals surface area contributed by atoms with Crippen LogP contribution in [0.4, 0.5) is 0 Å². The van der Waals surface area contributed by atoms with Crippen LogP contribution in [0.25, 0.3) is 0 Å². The predicted octanol–water partition coefficient (Wildman–Crippen LogP) is 6.37. The highest BCUT2D eigenvalue weighted by atomic mass is 35.5. The van der Waals surface area contributed by atoms with Gasteiger partial charge in [0.15, 0.2) is 0 Å². The molecule has 0 saturated carbocycles. The van der Waals surface area contributed by atoms with Crippen molar-refractivity contribution in [1.82, 2.24) is 0 Å². The van der Waals surface area contributed by atoms with Crippen molar-refractivity contribution < 1.29 is 19.0 Å². The smallest absolute Gasteiger partial charge is 0.305 e. The fourth-order valence-electron chi connectivity index (χ4n) is 2.74. The van der Waals surface area contributed by atoms with E-state index in [1.807, 2.05) is 6.07 Å². The van der Waals surface area contributed by atoms with E-state index in [2.05, 4.69) is 13.0 Å². The molecule has 2 rings (SSSR count). The lowest BCUT2D eigenvalue weighted by Gasteiger charge is -2.13. The fourth-order valence-corrected chi connectivity index (χ4v) is 4.32. The molecular formula is C22H26Cl2O4S. The van der Waals surface area contributed by atoms with Crippen LogP contribution >= 0.6 is 35.0 Å². The summed E-state index contributed by atoms with van der Waals surface area (Å²) >= 11 is 13.8. The molecule has 0 spiro atoms. The molecule has 158 valence electrons. The number of esters is 1. The van der Waals surface area contributed by atoms with Crippen LogP contribution in [0, 0.1) is 6.92 Å². The van der Waals surface area contributed by atoms with Gasteiger partial charge >= 0.3 is 5.97 Å². The number of ether oxygens (including phenoxy) is 3. The summed E-state index contributed by atoms with van der Waals surface area (Å²) in [5, 5.41) is 1.12. The monoisotopic (exact) mass is 456 g/mol. The number of carbonyl (C=O) groups is 1. The molecule has 0 aliphatic carbocycles. The van der Waals surface area contributed by atoms with Crippen molar-refractivity contribution in [2.75, 3.05) is 26.6 Å². The SMILES string of the molecule is COC(=O)CCc1cc(OC)c(SCCCCOc2ccc(Cl)cc2Cl)cc1C. The predicted molar refractivity (Wildman–Crippen MR) is 120 cm³/mol. The molecule has 7 heteroatoms. The van der Waals surface area contributed by atoms with E-state index < -0.39 is 0 Å². The second kappa shape index (κ2) is 12.2. The van der Waals surface area contributed by atoms with Crippen LogP contribution < -0.4 is 9.47 Å². The van der Waals surface area contributed by atoms with Gasteiger partial charge in [0.1, 0.15) is 11.5 Å². The third-order valence-corrected chi connectivity index (χ3v) is 6.05. The van der Waals surface area contributed by atoms with Crippen LogP contribution in [0.1, 0.15) is 30.4 Å². The molecule has 0 N–H and O–H groups in total. The second-order valence-corrected chi connectivity index (χ2v) is 8.46. The highest BCUT2D eigenvalue weighted by Crippen LogP contribution is 2.33. The highest BCUT2D eigenvalue weighted by molar-refractivity contribution is 7.99. The Morgan fingerprint density at radius 3 is 2.55 bits per heavy atom. The topological polar surface area (TPSA) is 44.8 Å². The summed E-state index contributed by atoms with van der Waals surface area (Å²) in [5.41, 5.74) is 2.25. The lowest BCUT2D eigenvalue weighted by atomic mass is 10.0. The average Bonchev–Trinajstić information content (AvgIpc) is 2.70. The standard InChI is InChI=1S/C22H26Cl2O4S/c1-15-12-21(20(26-2)13-16(15)6-9-22(25)27-3)29-11-5-4-10-28-19-8-7-17(23)14-18(19)24/h7-8,12-14H,4-6,9-11H2,1-3H3. The number of methoxy groups -OCH3 is 2. The van der Waals surface area contributed by atoms with Gasteiger partial charge in [0.25, 0.3) is 0 Å². The van der Waals surface area contributed by atoms with Gasteiger partial charge in [-0.2, -0.15) is 0 Å². The van der Waals surface area contributed by atoms with Gasteiger partial charge in [-0.05, 0) is 73.4 Å². The molecule has 2 aromatic carbocycles. The highest BCUT2D eigenvalue weighted by Gasteiger charge is 2.11. The maximum absolute atomic E-state index is 11.4. The van der Waals surface area contributed by atoms with E-state index in [4.69, 9.17) is 37.4 Å². The van der Waals surface area contributed by atoms with E-state index in [-0.39, 0.29) is 5.97 Å². The summed E-state index contributed by atoms with van der Waals surface area (Å²) in [6.07, 6.45) is 2.93. The van der Waals surface area contributed by atoms with E-state index in [0.717, 1.165) is 40.4 Å². The summed E-state index contributed by atoms with van der Waals surface area (Å²) in [4.78, 5) is 12.5. The van der Waals surface area contributed by atoms with Crippen LogP contribution in [-0.2, 0) is 16.0 Å². The number of aryl methyl sites for hydroxylation is 2. The van der Waals surface area contributed by atoms with Crippen molar-refractivity contribution >= 4 is 40.9 Å². The Balaban J connectivity index is 1.80. The Labute approximate surface area is 186 Å². The Hall–Kier alpha value is -1.56. The number of hydrogen-bond donors (Lipinski definition) is 0. The Morgan fingerprint density at radius 1 is 1.07 bits per heavy atom. The Morgan fingerprint density at radius 2 is 1.86 bits per heavy atom. The normalized spacial score (nSPS) is 10.7. The molecule has 0 heterocycles. The quantitative estimate of drug-likeness (QED) is 0.223. The zero-order valence-electron chi connectivity index (χ0n) is 16.9. The summed E-state index contributed by atoms with van der Waals surface area (Å²) in [6, 6.07) is 9.38. The van der Waals surface area contributed by atoms with Gasteiger partial charge < -0.3 is 14.2 Å². The molecule has 0 amide bonds. The molecule has 0 fully saturated rings. The molecule has 0 atom stereocenters. The molecule has 0 bridgehead atoms. The van der Waals surface area contributed by atoms with E-state index in [1.165, 1.54) is 7.11 Å². The molecule has 0 aromatic heterocycles. The van der Waals surface area contributed by atoms with Gasteiger partial charge in [-0.1, -0.05) is 23.2 Å². The first kappa shape index (κ1) is 23.7. The van der Waals surface area contributed by atoms with Gasteiger partial charge in [-0.3, -0.25) is 4.79 Å². The van der Waals surface area contributed by atoms with E-state index >= 15 is 0 Å². The number of benzene rings is 2. The maximum Gasteiger partial charge on any atom is 0.305 e. The summed E-state index contributed by atoms with van der Waals surface area (Å²) < 4.78 is 16.0. The first-order valence-corrected chi connectivity index (χ1v) is 11.1. The fraction of sp³-hybridized carbons (Fsp3) is 0.409.